The van der Waals surface area contributed by atoms with E-state index in [4.69, 9.17) is 0 Å². The van der Waals surface area contributed by atoms with Crippen molar-refractivity contribution in [2.45, 2.75) is 0 Å². The lowest BCUT2D eigenvalue weighted by molar-refractivity contribution is -0.798. The van der Waals surface area contributed by atoms with Crippen LogP contribution in [-0.4, -0.2) is 9.94 Å². The monoisotopic (exact) mass is 180 g/mol. The average molecular weight is 180 g/mol. The van der Waals surface area contributed by atoms with Crippen molar-refractivity contribution in [2.75, 3.05) is 0 Å². The van der Waals surface area contributed by atoms with Crippen molar-refractivity contribution in [2.24, 2.45) is 0 Å². The molecule has 0 aromatic carbocycles. The van der Waals surface area contributed by atoms with E-state index in [0.717, 1.165) is 12.4 Å². The van der Waals surface area contributed by atoms with Gasteiger partial charge in [0.15, 0.2) is 0 Å². The van der Waals surface area contributed by atoms with E-state index in [9.17, 15) is 15.3 Å². The van der Waals surface area contributed by atoms with Crippen molar-refractivity contribution in [3.63, 3.8) is 0 Å². The van der Waals surface area contributed by atoms with Crippen LogP contribution in [0.25, 0.3) is 11.3 Å². The zero-order chi connectivity index (χ0) is 9.42. The first kappa shape index (κ1) is 7.47. The molecule has 0 saturated heterocycles. The minimum absolute atomic E-state index is 0.0598. The van der Waals surface area contributed by atoms with Crippen LogP contribution in [0, 0.1) is 15.3 Å². The fraction of sp³-hybridized carbons (Fsp3) is 0. The molecule has 2 aliphatic rings. The van der Waals surface area contributed by atoms with Gasteiger partial charge in [-0.1, -0.05) is 0 Å². The van der Waals surface area contributed by atoms with Gasteiger partial charge >= 0.3 is 5.21 Å². The minimum Gasteiger partial charge on any atom is -0.806 e. The van der Waals surface area contributed by atoms with Crippen LogP contribution in [0.3, 0.4) is 0 Å². The number of nitrogens with zero attached hydrogens (tertiary/aromatic N) is 4. The van der Waals surface area contributed by atoms with Gasteiger partial charge in [-0.25, -0.2) is 0 Å². The Morgan fingerprint density at radius 2 is 2.31 bits per heavy atom. The summed E-state index contributed by atoms with van der Waals surface area (Å²) < 4.78 is 0.609. The van der Waals surface area contributed by atoms with Gasteiger partial charge in [0.2, 0.25) is 4.54 Å². The second-order valence-corrected chi connectivity index (χ2v) is 2.44. The molecule has 7 nitrogen and oxygen atoms in total. The molecule has 0 aliphatic carbocycles. The van der Waals surface area contributed by atoms with Crippen LogP contribution in [0.5, 0.6) is 0 Å². The highest BCUT2D eigenvalue weighted by Crippen LogP contribution is 2.11. The van der Waals surface area contributed by atoms with E-state index in [1.807, 2.05) is 0 Å². The zero-order valence-corrected chi connectivity index (χ0v) is 6.32. The highest BCUT2D eigenvalue weighted by atomic mass is 16.5. The molecular formula is C6H4N4O3. The van der Waals surface area contributed by atoms with Gasteiger partial charge in [-0.05, 0) is 12.3 Å². The molecule has 0 spiro atoms. The van der Waals surface area contributed by atoms with Gasteiger partial charge in [-0.2, -0.15) is 0 Å². The molecule has 0 bridgehead atoms. The molecule has 0 radical (unpaired) electrons. The lowest BCUT2D eigenvalue weighted by Crippen LogP contribution is -2.44. The lowest BCUT2D eigenvalue weighted by Gasteiger charge is -2.09. The highest BCUT2D eigenvalue weighted by molar-refractivity contribution is 5.52. The van der Waals surface area contributed by atoms with Crippen molar-refractivity contribution in [1.29, 1.82) is 0 Å². The Balaban J connectivity index is 2.87. The molecule has 0 amide bonds. The smallest absolute Gasteiger partial charge is 0.341 e. The van der Waals surface area contributed by atoms with Gasteiger partial charge in [-0.3, -0.25) is 0 Å². The summed E-state index contributed by atoms with van der Waals surface area (Å²) in [7, 11) is 0. The Bertz CT molecular complexity index is 480. The molecule has 0 aromatic heterocycles. The molecule has 0 unspecified atom stereocenters. The Hall–Kier alpha value is -2.18. The summed E-state index contributed by atoms with van der Waals surface area (Å²) in [6.45, 7) is 0. The van der Waals surface area contributed by atoms with E-state index in [0.29, 0.717) is 10.3 Å². The maximum atomic E-state index is 11.0. The second kappa shape index (κ2) is 2.41. The van der Waals surface area contributed by atoms with E-state index in [-0.39, 0.29) is 15.1 Å². The summed E-state index contributed by atoms with van der Waals surface area (Å²) in [6, 6.07) is 1.37. The largest absolute Gasteiger partial charge is 0.806 e. The Labute approximate surface area is 71.6 Å². The average Bonchev–Trinajstić information content (AvgIpc) is 2.06. The molecule has 0 fully saturated rings. The molecular weight excluding hydrogens is 176 g/mol. The normalized spacial score (nSPS) is 10.5. The summed E-state index contributed by atoms with van der Waals surface area (Å²) in [6.07, 6.45) is 3.36. The van der Waals surface area contributed by atoms with Crippen molar-refractivity contribution in [1.82, 2.24) is 9.94 Å². The first-order valence-electron chi connectivity index (χ1n) is 3.40. The Morgan fingerprint density at radius 3 is 3.08 bits per heavy atom. The molecule has 13 heavy (non-hydrogen) atoms. The van der Waals surface area contributed by atoms with Crippen molar-refractivity contribution in [3.05, 3.63) is 40.0 Å². The lowest BCUT2D eigenvalue weighted by atomic mass is 10.2. The van der Waals surface area contributed by atoms with Crippen LogP contribution in [0.2, 0.25) is 0 Å². The third-order valence-electron chi connectivity index (χ3n) is 1.57. The Morgan fingerprint density at radius 1 is 1.54 bits per heavy atom. The summed E-state index contributed by atoms with van der Waals surface area (Å²) >= 11 is 0. The second-order valence-electron chi connectivity index (χ2n) is 2.44. The summed E-state index contributed by atoms with van der Waals surface area (Å²) in [5.74, 6) is 0. The van der Waals surface area contributed by atoms with Gasteiger partial charge in [0.05, 0.1) is 11.1 Å². The first-order valence-corrected chi connectivity index (χ1v) is 3.40. The molecule has 0 aromatic rings. The molecule has 2 rings (SSSR count). The van der Waals surface area contributed by atoms with E-state index in [1.54, 1.807) is 0 Å². The number of hydrogen-bond acceptors (Lipinski definition) is 4. The summed E-state index contributed by atoms with van der Waals surface area (Å²) in [4.78, 5) is 10.8. The predicted molar refractivity (Wildman–Crippen MR) is 39.9 cm³/mol. The number of rotatable bonds is 0. The highest BCUT2D eigenvalue weighted by Gasteiger charge is 2.19. The minimum atomic E-state index is 0.0598. The molecule has 0 saturated carbocycles. The van der Waals surface area contributed by atoms with Crippen LogP contribution < -0.4 is 9.39 Å². The predicted octanol–water partition coefficient (Wildman–Crippen LogP) is -1.12. The van der Waals surface area contributed by atoms with Gasteiger partial charge in [0.1, 0.15) is 5.56 Å². The van der Waals surface area contributed by atoms with Crippen molar-refractivity contribution >= 4 is 0 Å². The molecule has 2 heterocycles. The number of hydrogen-bond donors (Lipinski definition) is 0. The fourth-order valence-electron chi connectivity index (χ4n) is 1.02. The molecule has 0 N–H and O–H groups in total. The maximum Gasteiger partial charge on any atom is 0.341 e. The molecule has 0 atom stereocenters. The number of pyridine rings is 1. The SMILES string of the molecule is O=[n+]1cc2ccn([O-])cc-2[n+]([O-])n1. The van der Waals surface area contributed by atoms with E-state index < -0.39 is 0 Å². The van der Waals surface area contributed by atoms with Gasteiger partial charge < -0.3 is 15.1 Å². The van der Waals surface area contributed by atoms with E-state index in [1.165, 1.54) is 12.3 Å². The van der Waals surface area contributed by atoms with Crippen molar-refractivity contribution in [3.8, 4) is 11.3 Å². The van der Waals surface area contributed by atoms with Gasteiger partial charge in [0, 0.05) is 4.85 Å². The maximum absolute atomic E-state index is 11.0. The van der Waals surface area contributed by atoms with Crippen LogP contribution in [0.15, 0.2) is 24.7 Å². The standard InChI is InChI=1S/C6H4N4O3/c11-8-2-1-5-3-9(12)7-10(13)6(5)4-8/h1-4H. The topological polar surface area (TPSA) is 90.8 Å². The summed E-state index contributed by atoms with van der Waals surface area (Å²) in [5, 5.41) is 24.8. The van der Waals surface area contributed by atoms with E-state index >= 15 is 0 Å². The van der Waals surface area contributed by atoms with E-state index in [2.05, 4.69) is 5.21 Å². The quantitative estimate of drug-likeness (QED) is 0.379. The Kier molecular flexibility index (Phi) is 1.38. The fourth-order valence-corrected chi connectivity index (χ4v) is 1.02. The molecule has 2 aliphatic heterocycles. The van der Waals surface area contributed by atoms with Crippen LogP contribution >= 0.6 is 0 Å². The summed E-state index contributed by atoms with van der Waals surface area (Å²) in [5.41, 5.74) is 0.428. The van der Waals surface area contributed by atoms with Crippen molar-refractivity contribution < 1.29 is 9.39 Å². The molecule has 7 heteroatoms. The third-order valence-corrected chi connectivity index (χ3v) is 1.57. The third kappa shape index (κ3) is 1.15. The zero-order valence-electron chi connectivity index (χ0n) is 6.32. The van der Waals surface area contributed by atoms with Gasteiger partial charge in [0.25, 0.3) is 11.9 Å². The van der Waals surface area contributed by atoms with Gasteiger partial charge in [-0.15, -0.1) is 0 Å². The number of fused-ring (bicyclic) bond motifs is 1. The van der Waals surface area contributed by atoms with Crippen LogP contribution in [-0.2, 0) is 0 Å². The number of aromatic nitrogens is 4. The first-order chi connectivity index (χ1) is 6.16. The molecule has 66 valence electrons. The van der Waals surface area contributed by atoms with Crippen LogP contribution in [0.4, 0.5) is 0 Å². The van der Waals surface area contributed by atoms with Crippen LogP contribution in [0.1, 0.15) is 0 Å².